The molecule has 150 valence electrons. The minimum absolute atomic E-state index is 0.133. The van der Waals surface area contributed by atoms with Crippen molar-refractivity contribution in [2.45, 2.75) is 50.9 Å². The highest BCUT2D eigenvalue weighted by molar-refractivity contribution is 5.93. The fourth-order valence-electron chi connectivity index (χ4n) is 4.36. The third-order valence-corrected chi connectivity index (χ3v) is 6.01. The van der Waals surface area contributed by atoms with E-state index in [-0.39, 0.29) is 11.7 Å². The maximum absolute atomic E-state index is 12.1. The summed E-state index contributed by atoms with van der Waals surface area (Å²) in [6.07, 6.45) is 4.34. The van der Waals surface area contributed by atoms with Crippen LogP contribution in [0, 0.1) is 24.2 Å². The average molecular weight is 387 g/mol. The fraction of sp³-hybridized carbons (Fsp3) is 0.619. The molecule has 0 aromatic heterocycles. The number of benzene rings is 1. The molecule has 1 saturated carbocycles. The van der Waals surface area contributed by atoms with Crippen molar-refractivity contribution in [2.24, 2.45) is 5.92 Å². The third-order valence-electron chi connectivity index (χ3n) is 6.01. The number of esters is 1. The van der Waals surface area contributed by atoms with Gasteiger partial charge in [-0.25, -0.2) is 4.79 Å². The SMILES string of the molecule is COC(=O)c1cc(C#N)c2c(c1C)O[C@@H](C1CCC3(CC1)OCCCO3)CO2. The van der Waals surface area contributed by atoms with E-state index in [0.717, 1.165) is 45.3 Å². The van der Waals surface area contributed by atoms with Crippen molar-refractivity contribution in [1.82, 2.24) is 0 Å². The van der Waals surface area contributed by atoms with Crippen LogP contribution < -0.4 is 9.47 Å². The van der Waals surface area contributed by atoms with E-state index in [9.17, 15) is 10.1 Å². The number of methoxy groups -OCH3 is 1. The van der Waals surface area contributed by atoms with E-state index in [1.54, 1.807) is 6.92 Å². The number of hydrogen-bond donors (Lipinski definition) is 0. The van der Waals surface area contributed by atoms with Crippen LogP contribution in [0.4, 0.5) is 0 Å². The minimum atomic E-state index is -0.492. The van der Waals surface area contributed by atoms with E-state index in [0.29, 0.717) is 35.2 Å². The van der Waals surface area contributed by atoms with E-state index < -0.39 is 11.8 Å². The van der Waals surface area contributed by atoms with Crippen molar-refractivity contribution in [3.63, 3.8) is 0 Å². The molecule has 1 atom stereocenters. The van der Waals surface area contributed by atoms with Crippen molar-refractivity contribution in [1.29, 1.82) is 5.26 Å². The number of nitrogens with zero attached hydrogens (tertiary/aromatic N) is 1. The molecule has 3 aliphatic rings. The number of nitriles is 1. The van der Waals surface area contributed by atoms with E-state index in [1.807, 2.05) is 0 Å². The average Bonchev–Trinajstić information content (AvgIpc) is 2.74. The summed E-state index contributed by atoms with van der Waals surface area (Å²) < 4.78 is 28.9. The maximum Gasteiger partial charge on any atom is 0.338 e. The van der Waals surface area contributed by atoms with E-state index in [1.165, 1.54) is 13.2 Å². The summed E-state index contributed by atoms with van der Waals surface area (Å²) in [5.74, 6) is 0.272. The van der Waals surface area contributed by atoms with Gasteiger partial charge in [0.25, 0.3) is 0 Å². The zero-order valence-corrected chi connectivity index (χ0v) is 16.3. The third kappa shape index (κ3) is 3.31. The maximum atomic E-state index is 12.1. The number of rotatable bonds is 2. The molecule has 2 fully saturated rings. The second-order valence-electron chi connectivity index (χ2n) is 7.62. The molecule has 0 radical (unpaired) electrons. The highest BCUT2D eigenvalue weighted by Crippen LogP contribution is 2.44. The molecule has 4 rings (SSSR count). The lowest BCUT2D eigenvalue weighted by molar-refractivity contribution is -0.284. The van der Waals surface area contributed by atoms with Gasteiger partial charge in [0.1, 0.15) is 18.8 Å². The van der Waals surface area contributed by atoms with Gasteiger partial charge in [0.05, 0.1) is 31.5 Å². The Bertz CT molecular complexity index is 798. The lowest BCUT2D eigenvalue weighted by Crippen LogP contribution is -2.47. The Balaban J connectivity index is 1.53. The Morgan fingerprint density at radius 3 is 2.61 bits per heavy atom. The van der Waals surface area contributed by atoms with Crippen LogP contribution in [0.5, 0.6) is 11.5 Å². The molecule has 0 bridgehead atoms. The van der Waals surface area contributed by atoms with Crippen molar-refractivity contribution in [3.05, 3.63) is 22.8 Å². The van der Waals surface area contributed by atoms with Crippen LogP contribution in [-0.2, 0) is 14.2 Å². The molecule has 28 heavy (non-hydrogen) atoms. The highest BCUT2D eigenvalue weighted by atomic mass is 16.7. The fourth-order valence-corrected chi connectivity index (χ4v) is 4.36. The molecule has 1 aromatic carbocycles. The number of ether oxygens (including phenoxy) is 5. The van der Waals surface area contributed by atoms with Gasteiger partial charge < -0.3 is 23.7 Å². The molecule has 1 spiro atoms. The van der Waals surface area contributed by atoms with Crippen LogP contribution >= 0.6 is 0 Å². The Morgan fingerprint density at radius 2 is 1.96 bits per heavy atom. The van der Waals surface area contributed by atoms with Gasteiger partial charge in [-0.1, -0.05) is 0 Å². The molecule has 1 aliphatic carbocycles. The van der Waals surface area contributed by atoms with Gasteiger partial charge in [-0.3, -0.25) is 0 Å². The first kappa shape index (κ1) is 19.0. The van der Waals surface area contributed by atoms with E-state index in [4.69, 9.17) is 23.7 Å². The molecule has 0 unspecified atom stereocenters. The minimum Gasteiger partial charge on any atom is -0.484 e. The number of carbonyl (C=O) groups excluding carboxylic acids is 1. The summed E-state index contributed by atoms with van der Waals surface area (Å²) in [4.78, 5) is 12.1. The molecule has 1 saturated heterocycles. The molecular weight excluding hydrogens is 362 g/mol. The Hall–Kier alpha value is -2.30. The van der Waals surface area contributed by atoms with E-state index in [2.05, 4.69) is 6.07 Å². The number of fused-ring (bicyclic) bond motifs is 1. The van der Waals surface area contributed by atoms with Crippen LogP contribution in [0.3, 0.4) is 0 Å². The predicted molar refractivity (Wildman–Crippen MR) is 98.4 cm³/mol. The van der Waals surface area contributed by atoms with Gasteiger partial charge in [-0.05, 0) is 38.2 Å². The lowest BCUT2D eigenvalue weighted by atomic mass is 9.81. The monoisotopic (exact) mass is 387 g/mol. The Kier molecular flexibility index (Phi) is 5.17. The molecular formula is C21H25NO6. The first-order chi connectivity index (χ1) is 13.6. The summed E-state index contributed by atoms with van der Waals surface area (Å²) in [6.45, 7) is 3.69. The smallest absolute Gasteiger partial charge is 0.338 e. The van der Waals surface area contributed by atoms with Crippen LogP contribution in [0.15, 0.2) is 6.07 Å². The van der Waals surface area contributed by atoms with Crippen LogP contribution in [-0.4, -0.2) is 44.8 Å². The molecule has 7 heteroatoms. The summed E-state index contributed by atoms with van der Waals surface area (Å²) in [5, 5.41) is 9.45. The summed E-state index contributed by atoms with van der Waals surface area (Å²) in [5.41, 5.74) is 1.25. The first-order valence-electron chi connectivity index (χ1n) is 9.80. The Labute approximate surface area is 164 Å². The van der Waals surface area contributed by atoms with Crippen LogP contribution in [0.25, 0.3) is 0 Å². The number of carbonyl (C=O) groups is 1. The molecule has 2 aliphatic heterocycles. The molecule has 0 N–H and O–H groups in total. The largest absolute Gasteiger partial charge is 0.484 e. The highest BCUT2D eigenvalue weighted by Gasteiger charge is 2.42. The van der Waals surface area contributed by atoms with Crippen LogP contribution in [0.1, 0.15) is 53.6 Å². The van der Waals surface area contributed by atoms with Gasteiger partial charge in [0.15, 0.2) is 17.3 Å². The van der Waals surface area contributed by atoms with Crippen molar-refractivity contribution >= 4 is 5.97 Å². The van der Waals surface area contributed by atoms with E-state index >= 15 is 0 Å². The van der Waals surface area contributed by atoms with Gasteiger partial charge >= 0.3 is 5.97 Å². The summed E-state index contributed by atoms with van der Waals surface area (Å²) in [7, 11) is 1.32. The Morgan fingerprint density at radius 1 is 1.25 bits per heavy atom. The topological polar surface area (TPSA) is 87.0 Å². The molecule has 7 nitrogen and oxygen atoms in total. The van der Waals surface area contributed by atoms with Crippen molar-refractivity contribution in [2.75, 3.05) is 26.9 Å². The second-order valence-corrected chi connectivity index (χ2v) is 7.62. The zero-order chi connectivity index (χ0) is 19.7. The first-order valence-corrected chi connectivity index (χ1v) is 9.80. The van der Waals surface area contributed by atoms with Gasteiger partial charge in [0, 0.05) is 18.4 Å². The zero-order valence-electron chi connectivity index (χ0n) is 16.3. The summed E-state index contributed by atoms with van der Waals surface area (Å²) in [6, 6.07) is 3.59. The van der Waals surface area contributed by atoms with Crippen molar-refractivity contribution in [3.8, 4) is 17.6 Å². The van der Waals surface area contributed by atoms with Crippen LogP contribution in [0.2, 0.25) is 0 Å². The lowest BCUT2D eigenvalue weighted by Gasteiger charge is -2.44. The quantitative estimate of drug-likeness (QED) is 0.721. The molecule has 2 heterocycles. The van der Waals surface area contributed by atoms with Gasteiger partial charge in [-0.2, -0.15) is 5.26 Å². The van der Waals surface area contributed by atoms with Gasteiger partial charge in [-0.15, -0.1) is 0 Å². The normalized spacial score (nSPS) is 23.8. The number of hydrogen-bond acceptors (Lipinski definition) is 7. The summed E-state index contributed by atoms with van der Waals surface area (Å²) >= 11 is 0. The standard InChI is InChI=1S/C21H25NO6/c1-13-16(20(23)24-2)10-15(11-22)19-18(13)28-17(12-25-19)14-4-6-21(7-5-14)26-8-3-9-27-21/h10,14,17H,3-9,12H2,1-2H3/t17-/m1/s1. The second kappa shape index (κ2) is 7.61. The molecule has 0 amide bonds. The predicted octanol–water partition coefficient (Wildman–Crippen LogP) is 3.12. The van der Waals surface area contributed by atoms with Gasteiger partial charge in [0.2, 0.25) is 0 Å². The van der Waals surface area contributed by atoms with Crippen molar-refractivity contribution < 1.29 is 28.5 Å². The molecule has 1 aromatic rings.